The monoisotopic (exact) mass is 350 g/mol. The van der Waals surface area contributed by atoms with Crippen LogP contribution in [-0.4, -0.2) is 20.1 Å². The number of furan rings is 1. The van der Waals surface area contributed by atoms with E-state index < -0.39 is 0 Å². The largest absolute Gasteiger partial charge is 0.463 e. The standard InChI is InChI=1S/C19H18N4O3/c1-12(14-6-4-3-5-7-14)20-18(24)11-22-19(25)16-10-17-15(8-9-26-17)23(16)13(2)21-22/h3-10,12H,11H2,1-2H3,(H,20,24)/t12-/m0/s1. The maximum atomic E-state index is 12.7. The van der Waals surface area contributed by atoms with Crippen molar-refractivity contribution in [2.45, 2.75) is 26.4 Å². The molecule has 132 valence electrons. The molecule has 1 atom stereocenters. The number of nitrogens with one attached hydrogen (secondary N) is 1. The zero-order chi connectivity index (χ0) is 18.3. The highest BCUT2D eigenvalue weighted by Gasteiger charge is 2.16. The molecular weight excluding hydrogens is 332 g/mol. The smallest absolute Gasteiger partial charge is 0.291 e. The third kappa shape index (κ3) is 2.67. The van der Waals surface area contributed by atoms with E-state index in [1.165, 1.54) is 4.68 Å². The lowest BCUT2D eigenvalue weighted by molar-refractivity contribution is -0.122. The quantitative estimate of drug-likeness (QED) is 0.613. The van der Waals surface area contributed by atoms with Gasteiger partial charge in [-0.25, -0.2) is 4.68 Å². The van der Waals surface area contributed by atoms with Gasteiger partial charge in [-0.2, -0.15) is 5.10 Å². The third-order valence-electron chi connectivity index (χ3n) is 4.44. The predicted molar refractivity (Wildman–Crippen MR) is 97.0 cm³/mol. The number of nitrogens with zero attached hydrogens (tertiary/aromatic N) is 3. The van der Waals surface area contributed by atoms with E-state index in [9.17, 15) is 9.59 Å². The molecule has 0 fully saturated rings. The van der Waals surface area contributed by atoms with Crippen molar-refractivity contribution in [2.75, 3.05) is 0 Å². The Hall–Kier alpha value is -3.35. The van der Waals surface area contributed by atoms with E-state index in [0.717, 1.165) is 11.1 Å². The molecule has 0 saturated carbocycles. The summed E-state index contributed by atoms with van der Waals surface area (Å²) in [5.74, 6) is 0.342. The maximum Gasteiger partial charge on any atom is 0.291 e. The van der Waals surface area contributed by atoms with Gasteiger partial charge in [0.2, 0.25) is 5.91 Å². The Labute approximate surface area is 148 Å². The predicted octanol–water partition coefficient (Wildman–Crippen LogP) is 2.43. The molecule has 4 aromatic rings. The van der Waals surface area contributed by atoms with Crippen molar-refractivity contribution >= 4 is 22.5 Å². The number of carbonyl (C=O) groups is 1. The van der Waals surface area contributed by atoms with Crippen molar-refractivity contribution in [3.05, 3.63) is 70.5 Å². The molecule has 0 saturated heterocycles. The Kier molecular flexibility index (Phi) is 3.84. The minimum Gasteiger partial charge on any atom is -0.463 e. The topological polar surface area (TPSA) is 81.5 Å². The summed E-state index contributed by atoms with van der Waals surface area (Å²) in [5.41, 5.74) is 2.52. The molecule has 7 nitrogen and oxygen atoms in total. The van der Waals surface area contributed by atoms with Crippen molar-refractivity contribution in [3.63, 3.8) is 0 Å². The average Bonchev–Trinajstić information content (AvgIpc) is 3.21. The molecule has 0 unspecified atom stereocenters. The number of rotatable bonds is 4. The first-order valence-electron chi connectivity index (χ1n) is 8.35. The van der Waals surface area contributed by atoms with Gasteiger partial charge < -0.3 is 9.73 Å². The normalized spacial score (nSPS) is 12.5. The first kappa shape index (κ1) is 16.1. The van der Waals surface area contributed by atoms with Crippen molar-refractivity contribution in [3.8, 4) is 0 Å². The molecule has 3 heterocycles. The average molecular weight is 350 g/mol. The summed E-state index contributed by atoms with van der Waals surface area (Å²) in [6, 6.07) is 13.0. The molecule has 0 bridgehead atoms. The van der Waals surface area contributed by atoms with Gasteiger partial charge in [-0.15, -0.1) is 0 Å². The second-order valence-electron chi connectivity index (χ2n) is 6.24. The summed E-state index contributed by atoms with van der Waals surface area (Å²) < 4.78 is 8.29. The van der Waals surface area contributed by atoms with Gasteiger partial charge in [0.15, 0.2) is 5.58 Å². The lowest BCUT2D eigenvalue weighted by atomic mass is 10.1. The Morgan fingerprint density at radius 1 is 1.23 bits per heavy atom. The molecule has 1 N–H and O–H groups in total. The van der Waals surface area contributed by atoms with Crippen LogP contribution in [-0.2, 0) is 11.3 Å². The summed E-state index contributed by atoms with van der Waals surface area (Å²) in [7, 11) is 0. The highest BCUT2D eigenvalue weighted by Crippen LogP contribution is 2.20. The molecule has 0 radical (unpaired) electrons. The maximum absolute atomic E-state index is 12.7. The summed E-state index contributed by atoms with van der Waals surface area (Å²) in [4.78, 5) is 25.1. The Balaban J connectivity index is 1.62. The minimum atomic E-state index is -0.329. The van der Waals surface area contributed by atoms with Crippen LogP contribution in [0.15, 0.2) is 57.9 Å². The van der Waals surface area contributed by atoms with Crippen LogP contribution in [0.25, 0.3) is 16.6 Å². The fourth-order valence-corrected chi connectivity index (χ4v) is 3.18. The van der Waals surface area contributed by atoms with E-state index >= 15 is 0 Å². The van der Waals surface area contributed by atoms with Crippen LogP contribution in [0.1, 0.15) is 24.4 Å². The molecule has 0 aliphatic carbocycles. The molecule has 7 heteroatoms. The van der Waals surface area contributed by atoms with E-state index in [1.807, 2.05) is 37.3 Å². The van der Waals surface area contributed by atoms with Crippen LogP contribution in [0.3, 0.4) is 0 Å². The number of aromatic nitrogens is 3. The number of aryl methyl sites for hydroxylation is 1. The van der Waals surface area contributed by atoms with Gasteiger partial charge in [-0.05, 0) is 19.4 Å². The van der Waals surface area contributed by atoms with Gasteiger partial charge in [0.25, 0.3) is 5.56 Å². The van der Waals surface area contributed by atoms with Crippen LogP contribution in [0.4, 0.5) is 0 Å². The van der Waals surface area contributed by atoms with Crippen molar-refractivity contribution in [1.82, 2.24) is 19.5 Å². The van der Waals surface area contributed by atoms with Crippen molar-refractivity contribution in [2.24, 2.45) is 0 Å². The highest BCUT2D eigenvalue weighted by atomic mass is 16.3. The molecule has 1 aromatic carbocycles. The Bertz CT molecular complexity index is 1150. The summed E-state index contributed by atoms with van der Waals surface area (Å²) in [6.07, 6.45) is 1.57. The molecule has 1 amide bonds. The van der Waals surface area contributed by atoms with E-state index in [4.69, 9.17) is 4.42 Å². The van der Waals surface area contributed by atoms with Gasteiger partial charge in [-0.3, -0.25) is 14.0 Å². The molecule has 3 aromatic heterocycles. The number of amides is 1. The number of hydrogen-bond acceptors (Lipinski definition) is 4. The second kappa shape index (κ2) is 6.18. The lowest BCUT2D eigenvalue weighted by Gasteiger charge is -2.15. The first-order valence-corrected chi connectivity index (χ1v) is 8.35. The number of hydrogen-bond donors (Lipinski definition) is 1. The van der Waals surface area contributed by atoms with E-state index in [2.05, 4.69) is 10.4 Å². The summed E-state index contributed by atoms with van der Waals surface area (Å²) >= 11 is 0. The van der Waals surface area contributed by atoms with E-state index in [0.29, 0.717) is 16.9 Å². The lowest BCUT2D eigenvalue weighted by Crippen LogP contribution is -2.36. The van der Waals surface area contributed by atoms with Crippen molar-refractivity contribution < 1.29 is 9.21 Å². The Morgan fingerprint density at radius 2 is 2.00 bits per heavy atom. The molecule has 0 aliphatic rings. The Morgan fingerprint density at radius 3 is 2.77 bits per heavy atom. The van der Waals surface area contributed by atoms with Crippen LogP contribution >= 0.6 is 0 Å². The highest BCUT2D eigenvalue weighted by molar-refractivity contribution is 5.82. The fourth-order valence-electron chi connectivity index (χ4n) is 3.18. The summed E-state index contributed by atoms with van der Waals surface area (Å²) in [6.45, 7) is 3.55. The van der Waals surface area contributed by atoms with Crippen LogP contribution < -0.4 is 10.9 Å². The molecule has 4 rings (SSSR count). The second-order valence-corrected chi connectivity index (χ2v) is 6.24. The van der Waals surface area contributed by atoms with Crippen LogP contribution in [0.5, 0.6) is 0 Å². The van der Waals surface area contributed by atoms with Gasteiger partial charge in [-0.1, -0.05) is 30.3 Å². The van der Waals surface area contributed by atoms with Crippen molar-refractivity contribution in [1.29, 1.82) is 0 Å². The molecule has 0 aliphatic heterocycles. The van der Waals surface area contributed by atoms with E-state index in [1.54, 1.807) is 29.7 Å². The third-order valence-corrected chi connectivity index (χ3v) is 4.44. The van der Waals surface area contributed by atoms with Crippen LogP contribution in [0.2, 0.25) is 0 Å². The van der Waals surface area contributed by atoms with Crippen LogP contribution in [0, 0.1) is 6.92 Å². The van der Waals surface area contributed by atoms with Gasteiger partial charge in [0.05, 0.1) is 17.8 Å². The minimum absolute atomic E-state index is 0.139. The zero-order valence-corrected chi connectivity index (χ0v) is 14.5. The fraction of sp³-hybridized carbons (Fsp3) is 0.211. The van der Waals surface area contributed by atoms with Gasteiger partial charge >= 0.3 is 0 Å². The number of carbonyl (C=O) groups excluding carboxylic acids is 1. The molecular formula is C19H18N4O3. The van der Waals surface area contributed by atoms with Gasteiger partial charge in [0, 0.05) is 12.1 Å². The molecule has 26 heavy (non-hydrogen) atoms. The summed E-state index contributed by atoms with van der Waals surface area (Å²) in [5, 5.41) is 7.18. The number of fused-ring (bicyclic) bond motifs is 3. The van der Waals surface area contributed by atoms with Gasteiger partial charge in [0.1, 0.15) is 17.9 Å². The molecule has 0 spiro atoms. The zero-order valence-electron chi connectivity index (χ0n) is 14.5. The number of benzene rings is 1. The SMILES string of the molecule is Cc1nn(CC(=O)N[C@@H](C)c2ccccc2)c(=O)c2cc3occc3n12. The van der Waals surface area contributed by atoms with E-state index in [-0.39, 0.29) is 24.1 Å². The first-order chi connectivity index (χ1) is 12.5.